The standard InChI is InChI=1S/C15H17Cl/c16-11-5-1-2-6-13-9-10-14-7-3-4-8-15(14)12-13/h3-4,7-10,12H,1-2,5-6,11H2. The van der Waals surface area contributed by atoms with Crippen LogP contribution in [0.2, 0.25) is 0 Å². The number of benzene rings is 2. The highest BCUT2D eigenvalue weighted by Crippen LogP contribution is 2.17. The van der Waals surface area contributed by atoms with Gasteiger partial charge in [-0.2, -0.15) is 0 Å². The molecule has 0 amide bonds. The molecule has 0 bridgehead atoms. The number of fused-ring (bicyclic) bond motifs is 1. The van der Waals surface area contributed by atoms with E-state index in [1.54, 1.807) is 0 Å². The molecule has 0 N–H and O–H groups in total. The molecule has 0 aliphatic carbocycles. The summed E-state index contributed by atoms with van der Waals surface area (Å²) in [6.07, 6.45) is 4.78. The van der Waals surface area contributed by atoms with Crippen molar-refractivity contribution in [1.29, 1.82) is 0 Å². The van der Waals surface area contributed by atoms with Gasteiger partial charge in [0.25, 0.3) is 0 Å². The summed E-state index contributed by atoms with van der Waals surface area (Å²) in [6.45, 7) is 0. The van der Waals surface area contributed by atoms with Crippen LogP contribution in [0, 0.1) is 0 Å². The van der Waals surface area contributed by atoms with Gasteiger partial charge in [0.05, 0.1) is 0 Å². The van der Waals surface area contributed by atoms with Crippen LogP contribution >= 0.6 is 11.6 Å². The molecule has 2 aromatic carbocycles. The van der Waals surface area contributed by atoms with Gasteiger partial charge < -0.3 is 0 Å². The highest BCUT2D eigenvalue weighted by Gasteiger charge is 1.96. The highest BCUT2D eigenvalue weighted by molar-refractivity contribution is 6.17. The minimum atomic E-state index is 0.789. The zero-order valence-corrected chi connectivity index (χ0v) is 10.2. The maximum absolute atomic E-state index is 5.66. The number of hydrogen-bond donors (Lipinski definition) is 0. The quantitative estimate of drug-likeness (QED) is 0.514. The van der Waals surface area contributed by atoms with Gasteiger partial charge in [-0.25, -0.2) is 0 Å². The summed E-state index contributed by atoms with van der Waals surface area (Å²) in [5, 5.41) is 2.67. The van der Waals surface area contributed by atoms with Crippen LogP contribution in [0.3, 0.4) is 0 Å². The molecule has 0 saturated carbocycles. The van der Waals surface area contributed by atoms with Gasteiger partial charge in [0, 0.05) is 5.88 Å². The minimum Gasteiger partial charge on any atom is -0.127 e. The van der Waals surface area contributed by atoms with Gasteiger partial charge in [0.2, 0.25) is 0 Å². The van der Waals surface area contributed by atoms with Crippen LogP contribution in [-0.4, -0.2) is 5.88 Å². The first-order valence-electron chi connectivity index (χ1n) is 5.94. The Morgan fingerprint density at radius 3 is 2.44 bits per heavy atom. The third-order valence-corrected chi connectivity index (χ3v) is 3.18. The fraction of sp³-hybridized carbons (Fsp3) is 0.333. The second-order valence-electron chi connectivity index (χ2n) is 4.18. The normalized spacial score (nSPS) is 10.8. The van der Waals surface area contributed by atoms with Crippen LogP contribution in [0.5, 0.6) is 0 Å². The Bertz CT molecular complexity index is 448. The monoisotopic (exact) mass is 232 g/mol. The van der Waals surface area contributed by atoms with Crippen LogP contribution in [0.25, 0.3) is 10.8 Å². The molecule has 0 atom stereocenters. The van der Waals surface area contributed by atoms with Crippen molar-refractivity contribution in [2.45, 2.75) is 25.7 Å². The summed E-state index contributed by atoms with van der Waals surface area (Å²) in [4.78, 5) is 0. The molecule has 0 aromatic heterocycles. The molecule has 0 aliphatic rings. The van der Waals surface area contributed by atoms with Crippen LogP contribution in [0.4, 0.5) is 0 Å². The second-order valence-corrected chi connectivity index (χ2v) is 4.56. The smallest absolute Gasteiger partial charge is 0.0223 e. The lowest BCUT2D eigenvalue weighted by molar-refractivity contribution is 0.721. The molecular formula is C15H17Cl. The van der Waals surface area contributed by atoms with Crippen molar-refractivity contribution in [2.75, 3.05) is 5.88 Å². The third kappa shape index (κ3) is 2.99. The first-order valence-corrected chi connectivity index (χ1v) is 6.47. The number of unbranched alkanes of at least 4 members (excludes halogenated alkanes) is 2. The van der Waals surface area contributed by atoms with Crippen LogP contribution < -0.4 is 0 Å². The number of rotatable bonds is 5. The van der Waals surface area contributed by atoms with E-state index in [-0.39, 0.29) is 0 Å². The van der Waals surface area contributed by atoms with Crippen LogP contribution in [0.15, 0.2) is 42.5 Å². The molecule has 1 heteroatoms. The Morgan fingerprint density at radius 2 is 1.62 bits per heavy atom. The predicted molar refractivity (Wildman–Crippen MR) is 72.2 cm³/mol. The largest absolute Gasteiger partial charge is 0.127 e. The van der Waals surface area contributed by atoms with Gasteiger partial charge in [0.1, 0.15) is 0 Å². The first kappa shape index (κ1) is 11.5. The Labute approximate surface area is 102 Å². The highest BCUT2D eigenvalue weighted by atomic mass is 35.5. The zero-order valence-electron chi connectivity index (χ0n) is 9.45. The molecule has 16 heavy (non-hydrogen) atoms. The number of hydrogen-bond acceptors (Lipinski definition) is 0. The minimum absolute atomic E-state index is 0.789. The molecule has 84 valence electrons. The molecule has 0 saturated heterocycles. The van der Waals surface area contributed by atoms with Crippen molar-refractivity contribution >= 4 is 22.4 Å². The van der Waals surface area contributed by atoms with Crippen molar-refractivity contribution < 1.29 is 0 Å². The van der Waals surface area contributed by atoms with E-state index in [2.05, 4.69) is 42.5 Å². The number of aryl methyl sites for hydroxylation is 1. The van der Waals surface area contributed by atoms with E-state index >= 15 is 0 Å². The first-order chi connectivity index (χ1) is 7.90. The van der Waals surface area contributed by atoms with Gasteiger partial charge in [-0.15, -0.1) is 11.6 Å². The Balaban J connectivity index is 2.02. The average Bonchev–Trinajstić information content (AvgIpc) is 2.34. The molecule has 2 aromatic rings. The van der Waals surface area contributed by atoms with Gasteiger partial charge in [0.15, 0.2) is 0 Å². The zero-order chi connectivity index (χ0) is 11.2. The molecule has 0 nitrogen and oxygen atoms in total. The van der Waals surface area contributed by atoms with Gasteiger partial charge >= 0.3 is 0 Å². The maximum atomic E-state index is 5.66. The third-order valence-electron chi connectivity index (χ3n) is 2.91. The van der Waals surface area contributed by atoms with E-state index in [1.165, 1.54) is 35.6 Å². The molecular weight excluding hydrogens is 216 g/mol. The fourth-order valence-electron chi connectivity index (χ4n) is 1.99. The molecule has 0 aliphatic heterocycles. The summed E-state index contributed by atoms with van der Waals surface area (Å²) in [6, 6.07) is 15.3. The van der Waals surface area contributed by atoms with E-state index in [9.17, 15) is 0 Å². The van der Waals surface area contributed by atoms with E-state index in [4.69, 9.17) is 11.6 Å². The summed E-state index contributed by atoms with van der Waals surface area (Å²) in [7, 11) is 0. The molecule has 0 heterocycles. The van der Waals surface area contributed by atoms with Crippen molar-refractivity contribution in [3.8, 4) is 0 Å². The van der Waals surface area contributed by atoms with Gasteiger partial charge in [-0.05, 0) is 35.6 Å². The lowest BCUT2D eigenvalue weighted by atomic mass is 10.0. The Morgan fingerprint density at radius 1 is 0.812 bits per heavy atom. The SMILES string of the molecule is ClCCCCCc1ccc2ccccc2c1. The number of alkyl halides is 1. The summed E-state index contributed by atoms with van der Waals surface area (Å²) < 4.78 is 0. The lowest BCUT2D eigenvalue weighted by Crippen LogP contribution is -1.86. The van der Waals surface area contributed by atoms with Crippen molar-refractivity contribution in [2.24, 2.45) is 0 Å². The van der Waals surface area contributed by atoms with E-state index in [0.717, 1.165) is 12.3 Å². The van der Waals surface area contributed by atoms with Crippen molar-refractivity contribution in [1.82, 2.24) is 0 Å². The van der Waals surface area contributed by atoms with E-state index in [0.29, 0.717) is 0 Å². The van der Waals surface area contributed by atoms with Gasteiger partial charge in [-0.3, -0.25) is 0 Å². The van der Waals surface area contributed by atoms with E-state index < -0.39 is 0 Å². The predicted octanol–water partition coefficient (Wildman–Crippen LogP) is 4.79. The lowest BCUT2D eigenvalue weighted by Gasteiger charge is -2.03. The summed E-state index contributed by atoms with van der Waals surface area (Å²) in [5.74, 6) is 0.789. The molecule has 0 spiro atoms. The average molecular weight is 233 g/mol. The number of halogens is 1. The van der Waals surface area contributed by atoms with Gasteiger partial charge in [-0.1, -0.05) is 48.9 Å². The summed E-state index contributed by atoms with van der Waals surface area (Å²) in [5.41, 5.74) is 1.44. The maximum Gasteiger partial charge on any atom is 0.0223 e. The molecule has 0 fully saturated rings. The molecule has 0 radical (unpaired) electrons. The Hall–Kier alpha value is -1.01. The van der Waals surface area contributed by atoms with Crippen LogP contribution in [-0.2, 0) is 6.42 Å². The van der Waals surface area contributed by atoms with Crippen molar-refractivity contribution in [3.63, 3.8) is 0 Å². The van der Waals surface area contributed by atoms with Crippen LogP contribution in [0.1, 0.15) is 24.8 Å². The summed E-state index contributed by atoms with van der Waals surface area (Å²) >= 11 is 5.66. The Kier molecular flexibility index (Phi) is 4.24. The molecule has 0 unspecified atom stereocenters. The van der Waals surface area contributed by atoms with Crippen molar-refractivity contribution in [3.05, 3.63) is 48.0 Å². The molecule has 2 rings (SSSR count). The topological polar surface area (TPSA) is 0 Å². The second kappa shape index (κ2) is 5.91. The van der Waals surface area contributed by atoms with E-state index in [1.807, 2.05) is 0 Å². The fourth-order valence-corrected chi connectivity index (χ4v) is 2.18.